The van der Waals surface area contributed by atoms with Crippen molar-refractivity contribution in [3.05, 3.63) is 70.0 Å². The van der Waals surface area contributed by atoms with Crippen LogP contribution in [0.3, 0.4) is 0 Å². The number of benzene rings is 1. The van der Waals surface area contributed by atoms with Crippen molar-refractivity contribution in [2.45, 2.75) is 31.7 Å². The van der Waals surface area contributed by atoms with E-state index in [4.69, 9.17) is 0 Å². The second-order valence-electron chi connectivity index (χ2n) is 7.58. The number of carbonyl (C=O) groups excluding carboxylic acids is 1. The van der Waals surface area contributed by atoms with Crippen LogP contribution in [-0.4, -0.2) is 42.0 Å². The molecule has 1 aromatic carbocycles. The number of nitro groups is 1. The molecule has 1 aliphatic heterocycles. The summed E-state index contributed by atoms with van der Waals surface area (Å²) in [6, 6.07) is 9.50. The number of carbonyl (C=O) groups is 1. The molecule has 2 aromatic rings. The number of para-hydroxylation sites is 1. The van der Waals surface area contributed by atoms with Crippen LogP contribution in [0.1, 0.15) is 36.4 Å². The smallest absolute Gasteiger partial charge is 0.274 e. The van der Waals surface area contributed by atoms with Gasteiger partial charge < -0.3 is 16.0 Å². The SMILES string of the molecule is O=C(NCCc1ccncc1)C(NCCC1CCNCC1)c1ccccc1[N+](=O)[O-]. The Balaban J connectivity index is 1.65. The van der Waals surface area contributed by atoms with E-state index < -0.39 is 11.0 Å². The fourth-order valence-corrected chi connectivity index (χ4v) is 3.83. The molecule has 1 saturated heterocycles. The largest absolute Gasteiger partial charge is 0.354 e. The van der Waals surface area contributed by atoms with E-state index in [0.717, 1.165) is 37.9 Å². The van der Waals surface area contributed by atoms with Gasteiger partial charge in [0.1, 0.15) is 6.04 Å². The van der Waals surface area contributed by atoms with Gasteiger partial charge in [0.15, 0.2) is 0 Å². The Labute approximate surface area is 176 Å². The lowest BCUT2D eigenvalue weighted by Gasteiger charge is -2.24. The number of pyridine rings is 1. The molecule has 0 aliphatic carbocycles. The van der Waals surface area contributed by atoms with Crippen LogP contribution in [0.2, 0.25) is 0 Å². The molecule has 1 aliphatic rings. The maximum Gasteiger partial charge on any atom is 0.274 e. The minimum atomic E-state index is -0.759. The van der Waals surface area contributed by atoms with E-state index in [9.17, 15) is 14.9 Å². The highest BCUT2D eigenvalue weighted by Crippen LogP contribution is 2.25. The standard InChI is InChI=1S/C22H29N5O3/c28-22(26-16-10-18-7-13-24-14-8-18)21(19-3-1-2-4-20(19)27(29)30)25-15-9-17-5-11-23-12-6-17/h1-4,7-8,13-14,17,21,23,25H,5-6,9-12,15-16H2,(H,26,28). The first-order valence-corrected chi connectivity index (χ1v) is 10.5. The average Bonchev–Trinajstić information content (AvgIpc) is 2.78. The number of hydrogen-bond donors (Lipinski definition) is 3. The maximum atomic E-state index is 13.0. The van der Waals surface area contributed by atoms with Crippen molar-refractivity contribution in [1.29, 1.82) is 0 Å². The van der Waals surface area contributed by atoms with Gasteiger partial charge in [-0.2, -0.15) is 0 Å². The zero-order chi connectivity index (χ0) is 21.2. The summed E-state index contributed by atoms with van der Waals surface area (Å²) in [4.78, 5) is 28.0. The number of hydrogen-bond acceptors (Lipinski definition) is 6. The third kappa shape index (κ3) is 6.33. The monoisotopic (exact) mass is 411 g/mol. The first-order chi connectivity index (χ1) is 14.6. The average molecular weight is 412 g/mol. The van der Waals surface area contributed by atoms with Crippen molar-refractivity contribution in [3.8, 4) is 0 Å². The van der Waals surface area contributed by atoms with Gasteiger partial charge in [-0.25, -0.2) is 0 Å². The van der Waals surface area contributed by atoms with Crippen LogP contribution in [0, 0.1) is 16.0 Å². The van der Waals surface area contributed by atoms with Crippen molar-refractivity contribution in [2.24, 2.45) is 5.92 Å². The third-order valence-electron chi connectivity index (χ3n) is 5.53. The van der Waals surface area contributed by atoms with E-state index in [2.05, 4.69) is 20.9 Å². The molecular formula is C22H29N5O3. The molecule has 1 atom stereocenters. The van der Waals surface area contributed by atoms with Gasteiger partial charge in [-0.1, -0.05) is 18.2 Å². The summed E-state index contributed by atoms with van der Waals surface area (Å²) in [5.41, 5.74) is 1.43. The van der Waals surface area contributed by atoms with Crippen molar-refractivity contribution in [3.63, 3.8) is 0 Å². The summed E-state index contributed by atoms with van der Waals surface area (Å²) in [5, 5.41) is 21.1. The summed E-state index contributed by atoms with van der Waals surface area (Å²) in [6.45, 7) is 3.14. The molecule has 3 N–H and O–H groups in total. The van der Waals surface area contributed by atoms with Gasteiger partial charge in [-0.15, -0.1) is 0 Å². The Hall–Kier alpha value is -2.84. The quantitative estimate of drug-likeness (QED) is 0.409. The highest BCUT2D eigenvalue weighted by molar-refractivity contribution is 5.84. The number of nitrogens with one attached hydrogen (secondary N) is 3. The van der Waals surface area contributed by atoms with Gasteiger partial charge in [-0.05, 0) is 68.9 Å². The topological polar surface area (TPSA) is 109 Å². The van der Waals surface area contributed by atoms with E-state index in [-0.39, 0.29) is 11.6 Å². The minimum Gasteiger partial charge on any atom is -0.354 e. The van der Waals surface area contributed by atoms with E-state index >= 15 is 0 Å². The molecule has 3 rings (SSSR count). The minimum absolute atomic E-state index is 0.0406. The van der Waals surface area contributed by atoms with Gasteiger partial charge in [0.2, 0.25) is 5.91 Å². The maximum absolute atomic E-state index is 13.0. The molecule has 1 aromatic heterocycles. The normalized spacial score (nSPS) is 15.5. The van der Waals surface area contributed by atoms with Crippen LogP contribution >= 0.6 is 0 Å². The number of piperidine rings is 1. The number of amides is 1. The first-order valence-electron chi connectivity index (χ1n) is 10.5. The van der Waals surface area contributed by atoms with Crippen LogP contribution in [0.4, 0.5) is 5.69 Å². The summed E-state index contributed by atoms with van der Waals surface area (Å²) in [6.07, 6.45) is 7.30. The van der Waals surface area contributed by atoms with Crippen LogP contribution in [0.15, 0.2) is 48.8 Å². The lowest BCUT2D eigenvalue weighted by atomic mass is 9.94. The predicted molar refractivity (Wildman–Crippen MR) is 115 cm³/mol. The molecule has 30 heavy (non-hydrogen) atoms. The molecule has 1 amide bonds. The lowest BCUT2D eigenvalue weighted by molar-refractivity contribution is -0.385. The van der Waals surface area contributed by atoms with Crippen LogP contribution < -0.4 is 16.0 Å². The predicted octanol–water partition coefficient (Wildman–Crippen LogP) is 2.37. The van der Waals surface area contributed by atoms with Gasteiger partial charge in [0, 0.05) is 25.0 Å². The lowest BCUT2D eigenvalue weighted by Crippen LogP contribution is -2.40. The number of nitro benzene ring substituents is 1. The number of aromatic nitrogens is 1. The molecule has 0 saturated carbocycles. The fourth-order valence-electron chi connectivity index (χ4n) is 3.83. The van der Waals surface area contributed by atoms with Crippen molar-refractivity contribution < 1.29 is 9.72 Å². The number of rotatable bonds is 10. The zero-order valence-corrected chi connectivity index (χ0v) is 17.0. The molecule has 8 nitrogen and oxygen atoms in total. The van der Waals surface area contributed by atoms with Gasteiger partial charge in [-0.3, -0.25) is 19.9 Å². The second-order valence-corrected chi connectivity index (χ2v) is 7.58. The Bertz CT molecular complexity index is 825. The van der Waals surface area contributed by atoms with Crippen molar-refractivity contribution in [2.75, 3.05) is 26.2 Å². The molecule has 160 valence electrons. The Morgan fingerprint density at radius 1 is 1.17 bits per heavy atom. The van der Waals surface area contributed by atoms with Crippen molar-refractivity contribution in [1.82, 2.24) is 20.9 Å². The Kier molecular flexibility index (Phi) is 8.29. The van der Waals surface area contributed by atoms with E-state index in [0.29, 0.717) is 31.0 Å². The van der Waals surface area contributed by atoms with Gasteiger partial charge >= 0.3 is 0 Å². The van der Waals surface area contributed by atoms with E-state index in [1.165, 1.54) is 6.07 Å². The Morgan fingerprint density at radius 2 is 1.90 bits per heavy atom. The molecule has 0 spiro atoms. The van der Waals surface area contributed by atoms with Gasteiger partial charge in [0.05, 0.1) is 10.5 Å². The van der Waals surface area contributed by atoms with Gasteiger partial charge in [0.25, 0.3) is 5.69 Å². The van der Waals surface area contributed by atoms with Crippen LogP contribution in [-0.2, 0) is 11.2 Å². The summed E-state index contributed by atoms with van der Waals surface area (Å²) < 4.78 is 0. The zero-order valence-electron chi connectivity index (χ0n) is 17.0. The molecule has 2 heterocycles. The van der Waals surface area contributed by atoms with Crippen molar-refractivity contribution >= 4 is 11.6 Å². The second kappa shape index (κ2) is 11.4. The molecule has 8 heteroatoms. The molecule has 0 radical (unpaired) electrons. The van der Waals surface area contributed by atoms with Crippen LogP contribution in [0.25, 0.3) is 0 Å². The molecule has 1 fully saturated rings. The Morgan fingerprint density at radius 3 is 2.63 bits per heavy atom. The summed E-state index contributed by atoms with van der Waals surface area (Å²) in [7, 11) is 0. The highest BCUT2D eigenvalue weighted by atomic mass is 16.6. The summed E-state index contributed by atoms with van der Waals surface area (Å²) >= 11 is 0. The first kappa shape index (κ1) is 21.9. The molecule has 1 unspecified atom stereocenters. The van der Waals surface area contributed by atoms with Crippen LogP contribution in [0.5, 0.6) is 0 Å². The van der Waals surface area contributed by atoms with E-state index in [1.807, 2.05) is 12.1 Å². The van der Waals surface area contributed by atoms with E-state index in [1.54, 1.807) is 30.6 Å². The molecule has 0 bridgehead atoms. The molecular weight excluding hydrogens is 382 g/mol. The fraction of sp³-hybridized carbons (Fsp3) is 0.455. The highest BCUT2D eigenvalue weighted by Gasteiger charge is 2.27. The number of nitrogens with zero attached hydrogens (tertiary/aromatic N) is 2. The summed E-state index contributed by atoms with van der Waals surface area (Å²) in [5.74, 6) is 0.364. The third-order valence-corrected chi connectivity index (χ3v) is 5.53.